The van der Waals surface area contributed by atoms with Crippen LogP contribution in [0.2, 0.25) is 0 Å². The summed E-state index contributed by atoms with van der Waals surface area (Å²) in [6, 6.07) is 0. The number of carboxylic acid groups (broad SMARTS) is 1. The number of aliphatic carboxylic acids is 1. The minimum absolute atomic E-state index is 0. The normalized spacial score (nSPS) is 13.3. The molecule has 0 aliphatic rings. The summed E-state index contributed by atoms with van der Waals surface area (Å²) < 4.78 is 0.550. The van der Waals surface area contributed by atoms with Gasteiger partial charge in [-0.15, -0.1) is 0 Å². The molecule has 0 aromatic carbocycles. The largest absolute Gasteiger partial charge is 1.00 e. The molecule has 12 heavy (non-hydrogen) atoms. The van der Waals surface area contributed by atoms with Crippen LogP contribution in [0.25, 0.3) is 0 Å². The van der Waals surface area contributed by atoms with Crippen molar-refractivity contribution < 1.29 is 31.9 Å². The van der Waals surface area contributed by atoms with Gasteiger partial charge >= 0.3 is 0 Å². The van der Waals surface area contributed by atoms with Crippen molar-refractivity contribution in [3.63, 3.8) is 0 Å². The van der Waals surface area contributed by atoms with Gasteiger partial charge in [0.05, 0.1) is 21.1 Å². The first-order chi connectivity index (χ1) is 4.81. The minimum Gasteiger partial charge on any atom is -1.00 e. The molecule has 0 bridgehead atoms. The Kier molecular flexibility index (Phi) is 6.34. The van der Waals surface area contributed by atoms with Crippen molar-refractivity contribution in [2.45, 2.75) is 12.5 Å². The Balaban J connectivity index is 0. The average molecular weight is 197 g/mol. The van der Waals surface area contributed by atoms with Gasteiger partial charge in [0.25, 0.3) is 0 Å². The van der Waals surface area contributed by atoms with Gasteiger partial charge in [-0.1, -0.05) is 0 Å². The number of aliphatic hydroxyl groups excluding tert-OH is 1. The summed E-state index contributed by atoms with van der Waals surface area (Å²) in [5.74, 6) is -1.20. The quantitative estimate of drug-likeness (QED) is 0.459. The van der Waals surface area contributed by atoms with Crippen molar-refractivity contribution in [3.05, 3.63) is 0 Å². The first-order valence-electron chi connectivity index (χ1n) is 3.49. The number of carbonyl (C=O) groups is 1. The highest BCUT2D eigenvalue weighted by molar-refractivity contribution is 5.64. The monoisotopic (exact) mass is 196 g/mol. The topological polar surface area (TPSA) is 60.4 Å². The van der Waals surface area contributed by atoms with Gasteiger partial charge in [-0.25, -0.2) is 0 Å². The van der Waals surface area contributed by atoms with Gasteiger partial charge in [0.2, 0.25) is 0 Å². The number of hydrogen-bond acceptors (Lipinski definition) is 3. The molecule has 0 radical (unpaired) electrons. The van der Waals surface area contributed by atoms with Gasteiger partial charge in [0.1, 0.15) is 12.6 Å². The van der Waals surface area contributed by atoms with Crippen molar-refractivity contribution in [1.29, 1.82) is 0 Å². The van der Waals surface area contributed by atoms with E-state index >= 15 is 0 Å². The lowest BCUT2D eigenvalue weighted by molar-refractivity contribution is -0.873. The van der Waals surface area contributed by atoms with Gasteiger partial charge < -0.3 is 31.9 Å². The molecule has 0 rings (SSSR count). The van der Waals surface area contributed by atoms with Crippen LogP contribution in [0.4, 0.5) is 0 Å². The predicted molar refractivity (Wildman–Crippen MR) is 38.5 cm³/mol. The molecule has 0 aromatic rings. The lowest BCUT2D eigenvalue weighted by Gasteiger charge is -2.26. The van der Waals surface area contributed by atoms with Crippen LogP contribution in [0, 0.1) is 0 Å². The maximum absolute atomic E-state index is 10.0. The second kappa shape index (κ2) is 5.35. The van der Waals surface area contributed by atoms with Crippen LogP contribution in [-0.4, -0.2) is 49.4 Å². The summed E-state index contributed by atoms with van der Waals surface area (Å²) in [5, 5.41) is 19.1. The molecular formula is C7H15ClNO3-. The third-order valence-electron chi connectivity index (χ3n) is 1.16. The van der Waals surface area contributed by atoms with Gasteiger partial charge in [-0.05, 0) is 0 Å². The highest BCUT2D eigenvalue weighted by Crippen LogP contribution is 1.97. The summed E-state index contributed by atoms with van der Waals surface area (Å²) in [7, 11) is 5.66. The van der Waals surface area contributed by atoms with Crippen molar-refractivity contribution in [1.82, 2.24) is 0 Å². The standard InChI is InChI=1S/C7H15NO3.ClH/c1-8(2,3)5-6(9)4-7(10)11;/h6,9H,4-5H2,1-3H3;1H/p-1/t6-;/m1./s1. The maximum atomic E-state index is 10.0. The van der Waals surface area contributed by atoms with Crippen LogP contribution in [0.5, 0.6) is 0 Å². The van der Waals surface area contributed by atoms with E-state index in [2.05, 4.69) is 0 Å². The smallest absolute Gasteiger partial charge is 0.108 e. The second-order valence-electron chi connectivity index (χ2n) is 3.70. The van der Waals surface area contributed by atoms with Crippen molar-refractivity contribution in [2.24, 2.45) is 0 Å². The van der Waals surface area contributed by atoms with E-state index in [1.165, 1.54) is 0 Å². The molecule has 4 nitrogen and oxygen atoms in total. The molecule has 0 saturated carbocycles. The molecule has 0 heterocycles. The molecule has 1 atom stereocenters. The molecule has 0 amide bonds. The van der Waals surface area contributed by atoms with Crippen LogP contribution < -0.4 is 17.5 Å². The van der Waals surface area contributed by atoms with Crippen LogP contribution >= 0.6 is 0 Å². The third-order valence-corrected chi connectivity index (χ3v) is 1.16. The number of rotatable bonds is 4. The van der Waals surface area contributed by atoms with Crippen molar-refractivity contribution in [3.8, 4) is 0 Å². The molecule has 0 fully saturated rings. The molecule has 0 aromatic heterocycles. The fraction of sp³-hybridized carbons (Fsp3) is 0.857. The number of likely N-dealkylation sites (N-methyl/N-ethyl adjacent to an activating group) is 1. The van der Waals surface area contributed by atoms with Gasteiger partial charge in [-0.2, -0.15) is 0 Å². The van der Waals surface area contributed by atoms with E-state index < -0.39 is 12.1 Å². The summed E-state index contributed by atoms with van der Waals surface area (Å²) in [5.41, 5.74) is 0. The van der Waals surface area contributed by atoms with Gasteiger partial charge in [0, 0.05) is 12.4 Å². The summed E-state index contributed by atoms with van der Waals surface area (Å²) in [4.78, 5) is 10.0. The van der Waals surface area contributed by atoms with Crippen LogP contribution in [0.3, 0.4) is 0 Å². The number of carbonyl (C=O) groups excluding carboxylic acids is 1. The Labute approximate surface area is 78.8 Å². The Bertz CT molecular complexity index is 144. The van der Waals surface area contributed by atoms with E-state index in [0.717, 1.165) is 0 Å². The highest BCUT2D eigenvalue weighted by atomic mass is 35.5. The van der Waals surface area contributed by atoms with Gasteiger partial charge in [0.15, 0.2) is 0 Å². The second-order valence-corrected chi connectivity index (χ2v) is 3.70. The Morgan fingerprint density at radius 1 is 1.50 bits per heavy atom. The Hall–Kier alpha value is -0.320. The number of hydrogen-bond donors (Lipinski definition) is 1. The van der Waals surface area contributed by atoms with E-state index in [4.69, 9.17) is 5.11 Å². The lowest BCUT2D eigenvalue weighted by Crippen LogP contribution is -3.00. The fourth-order valence-corrected chi connectivity index (χ4v) is 0.889. The zero-order valence-corrected chi connectivity index (χ0v) is 8.34. The maximum Gasteiger partial charge on any atom is 0.108 e. The average Bonchev–Trinajstić information content (AvgIpc) is 1.53. The van der Waals surface area contributed by atoms with E-state index in [1.807, 2.05) is 21.1 Å². The number of carboxylic acids is 1. The highest BCUT2D eigenvalue weighted by Gasteiger charge is 2.14. The lowest BCUT2D eigenvalue weighted by atomic mass is 10.2. The molecular weight excluding hydrogens is 182 g/mol. The molecule has 0 unspecified atom stereocenters. The van der Waals surface area contributed by atoms with Crippen LogP contribution in [-0.2, 0) is 4.79 Å². The number of aliphatic hydroxyl groups is 1. The molecule has 5 heteroatoms. The number of halogens is 1. The van der Waals surface area contributed by atoms with E-state index in [1.54, 1.807) is 0 Å². The van der Waals surface area contributed by atoms with Crippen LogP contribution in [0.15, 0.2) is 0 Å². The molecule has 0 saturated heterocycles. The van der Waals surface area contributed by atoms with Crippen molar-refractivity contribution in [2.75, 3.05) is 27.7 Å². The molecule has 0 aliphatic carbocycles. The first-order valence-corrected chi connectivity index (χ1v) is 3.49. The zero-order valence-electron chi connectivity index (χ0n) is 7.58. The van der Waals surface area contributed by atoms with Gasteiger partial charge in [-0.3, -0.25) is 0 Å². The van der Waals surface area contributed by atoms with E-state index in [9.17, 15) is 9.90 Å². The summed E-state index contributed by atoms with van der Waals surface area (Å²) >= 11 is 0. The number of quaternary nitrogens is 1. The molecule has 0 aliphatic heterocycles. The predicted octanol–water partition coefficient (Wildman–Crippen LogP) is -4.80. The summed E-state index contributed by atoms with van der Waals surface area (Å²) in [6.45, 7) is 0.425. The number of nitrogens with zero attached hydrogens (tertiary/aromatic N) is 1. The molecule has 1 N–H and O–H groups in total. The minimum atomic E-state index is -1.20. The van der Waals surface area contributed by atoms with E-state index in [-0.39, 0.29) is 18.8 Å². The SMILES string of the molecule is C[N+](C)(C)C[C@H](O)CC(=O)[O-].[Cl-]. The Morgan fingerprint density at radius 3 is 2.17 bits per heavy atom. The van der Waals surface area contributed by atoms with Crippen LogP contribution in [0.1, 0.15) is 6.42 Å². The van der Waals surface area contributed by atoms with Crippen molar-refractivity contribution >= 4 is 5.97 Å². The molecule has 74 valence electrons. The summed E-state index contributed by atoms with van der Waals surface area (Å²) in [6.07, 6.45) is -1.09. The van der Waals surface area contributed by atoms with E-state index in [0.29, 0.717) is 11.0 Å². The first kappa shape index (κ1) is 14.2. The molecule has 0 spiro atoms. The Morgan fingerprint density at radius 2 is 1.92 bits per heavy atom. The zero-order chi connectivity index (χ0) is 9.07. The fourth-order valence-electron chi connectivity index (χ4n) is 0.889. The third kappa shape index (κ3) is 9.68.